The molecule has 0 aliphatic rings. The molecule has 1 rings (SSSR count). The van der Waals surface area contributed by atoms with E-state index in [4.69, 9.17) is 5.11 Å². The van der Waals surface area contributed by atoms with Gasteiger partial charge in [0.25, 0.3) is 0 Å². The maximum absolute atomic E-state index is 8.91. The highest BCUT2D eigenvalue weighted by Crippen LogP contribution is 2.08. The van der Waals surface area contributed by atoms with Crippen molar-refractivity contribution in [2.45, 2.75) is 26.9 Å². The van der Waals surface area contributed by atoms with Crippen LogP contribution >= 0.6 is 0 Å². The standard InChI is InChI=1S/C9H16N2O/c1-7(2)4-9-10-5-8(6-12)11(9)3/h5,7,12H,4,6H2,1-3H3. The molecule has 1 aromatic heterocycles. The molecule has 0 aliphatic heterocycles. The quantitative estimate of drug-likeness (QED) is 0.734. The first-order valence-corrected chi connectivity index (χ1v) is 4.25. The molecular weight excluding hydrogens is 152 g/mol. The van der Waals surface area contributed by atoms with Crippen LogP contribution in [0, 0.1) is 5.92 Å². The van der Waals surface area contributed by atoms with Crippen molar-refractivity contribution in [2.24, 2.45) is 13.0 Å². The first-order valence-electron chi connectivity index (χ1n) is 4.25. The summed E-state index contributed by atoms with van der Waals surface area (Å²) >= 11 is 0. The van der Waals surface area contributed by atoms with Crippen LogP contribution in [0.25, 0.3) is 0 Å². The molecule has 12 heavy (non-hydrogen) atoms. The molecule has 0 saturated heterocycles. The Morgan fingerprint density at radius 2 is 2.25 bits per heavy atom. The minimum Gasteiger partial charge on any atom is -0.390 e. The molecule has 68 valence electrons. The largest absolute Gasteiger partial charge is 0.390 e. The van der Waals surface area contributed by atoms with Gasteiger partial charge in [-0.05, 0) is 5.92 Å². The van der Waals surface area contributed by atoms with E-state index in [0.29, 0.717) is 5.92 Å². The number of aromatic nitrogens is 2. The van der Waals surface area contributed by atoms with Crippen LogP contribution in [0.3, 0.4) is 0 Å². The fraction of sp³-hybridized carbons (Fsp3) is 0.667. The van der Waals surface area contributed by atoms with E-state index in [0.717, 1.165) is 17.9 Å². The summed E-state index contributed by atoms with van der Waals surface area (Å²) < 4.78 is 1.96. The lowest BCUT2D eigenvalue weighted by Gasteiger charge is -2.05. The number of nitrogens with zero attached hydrogens (tertiary/aromatic N) is 2. The highest BCUT2D eigenvalue weighted by Gasteiger charge is 2.06. The summed E-state index contributed by atoms with van der Waals surface area (Å²) in [7, 11) is 1.94. The van der Waals surface area contributed by atoms with Crippen molar-refractivity contribution in [1.29, 1.82) is 0 Å². The minimum atomic E-state index is 0.0710. The molecule has 1 aromatic rings. The van der Waals surface area contributed by atoms with Gasteiger partial charge in [-0.15, -0.1) is 0 Å². The average Bonchev–Trinajstić information content (AvgIpc) is 2.32. The highest BCUT2D eigenvalue weighted by atomic mass is 16.3. The van der Waals surface area contributed by atoms with Gasteiger partial charge < -0.3 is 9.67 Å². The third-order valence-corrected chi connectivity index (χ3v) is 1.93. The van der Waals surface area contributed by atoms with E-state index in [9.17, 15) is 0 Å². The molecule has 0 atom stereocenters. The van der Waals surface area contributed by atoms with Gasteiger partial charge in [-0.2, -0.15) is 0 Å². The molecule has 0 unspecified atom stereocenters. The molecule has 0 bridgehead atoms. The zero-order chi connectivity index (χ0) is 9.14. The molecule has 3 heteroatoms. The molecule has 0 amide bonds. The first kappa shape index (κ1) is 9.26. The second-order valence-electron chi connectivity index (χ2n) is 3.48. The molecular formula is C9H16N2O. The number of imidazole rings is 1. The first-order chi connectivity index (χ1) is 5.65. The lowest BCUT2D eigenvalue weighted by molar-refractivity contribution is 0.272. The van der Waals surface area contributed by atoms with Crippen molar-refractivity contribution in [3.63, 3.8) is 0 Å². The number of hydrogen-bond donors (Lipinski definition) is 1. The van der Waals surface area contributed by atoms with Crippen LogP contribution in [-0.4, -0.2) is 14.7 Å². The van der Waals surface area contributed by atoms with Crippen LogP contribution in [0.5, 0.6) is 0 Å². The third kappa shape index (κ3) is 1.85. The summed E-state index contributed by atoms with van der Waals surface area (Å²) in [5.74, 6) is 1.66. The molecule has 0 radical (unpaired) electrons. The van der Waals surface area contributed by atoms with E-state index < -0.39 is 0 Å². The summed E-state index contributed by atoms with van der Waals surface area (Å²) in [6.45, 7) is 4.39. The van der Waals surface area contributed by atoms with Crippen LogP contribution in [0.4, 0.5) is 0 Å². The fourth-order valence-electron chi connectivity index (χ4n) is 1.19. The van der Waals surface area contributed by atoms with E-state index in [1.165, 1.54) is 0 Å². The van der Waals surface area contributed by atoms with Gasteiger partial charge in [-0.25, -0.2) is 4.98 Å². The SMILES string of the molecule is CC(C)Cc1ncc(CO)n1C. The highest BCUT2D eigenvalue weighted by molar-refractivity contribution is 5.03. The van der Waals surface area contributed by atoms with Gasteiger partial charge in [-0.3, -0.25) is 0 Å². The topological polar surface area (TPSA) is 38.1 Å². The fourth-order valence-corrected chi connectivity index (χ4v) is 1.19. The summed E-state index contributed by atoms with van der Waals surface area (Å²) in [4.78, 5) is 4.23. The van der Waals surface area contributed by atoms with E-state index >= 15 is 0 Å². The van der Waals surface area contributed by atoms with Gasteiger partial charge in [0.1, 0.15) is 5.82 Å². The Bertz CT molecular complexity index is 253. The Hall–Kier alpha value is -0.830. The van der Waals surface area contributed by atoms with Gasteiger partial charge >= 0.3 is 0 Å². The molecule has 0 aromatic carbocycles. The predicted octanol–water partition coefficient (Wildman–Crippen LogP) is 1.11. The van der Waals surface area contributed by atoms with Crippen molar-refractivity contribution in [3.8, 4) is 0 Å². The second-order valence-corrected chi connectivity index (χ2v) is 3.48. The second kappa shape index (κ2) is 3.72. The smallest absolute Gasteiger partial charge is 0.108 e. The van der Waals surface area contributed by atoms with Crippen molar-refractivity contribution < 1.29 is 5.11 Å². The predicted molar refractivity (Wildman–Crippen MR) is 47.7 cm³/mol. The number of hydrogen-bond acceptors (Lipinski definition) is 2. The zero-order valence-electron chi connectivity index (χ0n) is 7.91. The van der Waals surface area contributed by atoms with E-state index in [2.05, 4.69) is 18.8 Å². The molecule has 0 saturated carbocycles. The Morgan fingerprint density at radius 1 is 1.58 bits per heavy atom. The van der Waals surface area contributed by atoms with Crippen LogP contribution < -0.4 is 0 Å². The van der Waals surface area contributed by atoms with Crippen molar-refractivity contribution in [1.82, 2.24) is 9.55 Å². The Labute approximate surface area is 73.1 Å². The van der Waals surface area contributed by atoms with Crippen LogP contribution in [-0.2, 0) is 20.1 Å². The van der Waals surface area contributed by atoms with Gasteiger partial charge in [0.05, 0.1) is 18.5 Å². The maximum Gasteiger partial charge on any atom is 0.108 e. The monoisotopic (exact) mass is 168 g/mol. The van der Waals surface area contributed by atoms with Gasteiger partial charge in [0, 0.05) is 13.5 Å². The van der Waals surface area contributed by atoms with Gasteiger partial charge in [0.15, 0.2) is 0 Å². The summed E-state index contributed by atoms with van der Waals surface area (Å²) in [5.41, 5.74) is 0.880. The van der Waals surface area contributed by atoms with Gasteiger partial charge in [-0.1, -0.05) is 13.8 Å². The molecule has 1 heterocycles. The molecule has 0 spiro atoms. The van der Waals surface area contributed by atoms with Crippen molar-refractivity contribution in [2.75, 3.05) is 0 Å². The van der Waals surface area contributed by atoms with Crippen LogP contribution in [0.1, 0.15) is 25.4 Å². The maximum atomic E-state index is 8.91. The van der Waals surface area contributed by atoms with E-state index in [1.54, 1.807) is 6.20 Å². The summed E-state index contributed by atoms with van der Waals surface area (Å²) in [6, 6.07) is 0. The lowest BCUT2D eigenvalue weighted by Crippen LogP contribution is -2.05. The molecule has 3 nitrogen and oxygen atoms in total. The van der Waals surface area contributed by atoms with Crippen molar-refractivity contribution in [3.05, 3.63) is 17.7 Å². The number of aliphatic hydroxyl groups is 1. The normalized spacial score (nSPS) is 11.1. The average molecular weight is 168 g/mol. The zero-order valence-corrected chi connectivity index (χ0v) is 7.91. The molecule has 0 fully saturated rings. The Balaban J connectivity index is 2.80. The summed E-state index contributed by atoms with van der Waals surface area (Å²) in [6.07, 6.45) is 2.70. The summed E-state index contributed by atoms with van der Waals surface area (Å²) in [5, 5.41) is 8.91. The van der Waals surface area contributed by atoms with E-state index in [1.807, 2.05) is 11.6 Å². The van der Waals surface area contributed by atoms with Gasteiger partial charge in [0.2, 0.25) is 0 Å². The van der Waals surface area contributed by atoms with Crippen LogP contribution in [0.2, 0.25) is 0 Å². The van der Waals surface area contributed by atoms with Crippen LogP contribution in [0.15, 0.2) is 6.20 Å². The molecule has 1 N–H and O–H groups in total. The number of aliphatic hydroxyl groups excluding tert-OH is 1. The van der Waals surface area contributed by atoms with Crippen molar-refractivity contribution >= 4 is 0 Å². The molecule has 0 aliphatic carbocycles. The third-order valence-electron chi connectivity index (χ3n) is 1.93. The Kier molecular flexibility index (Phi) is 2.87. The number of rotatable bonds is 3. The van der Waals surface area contributed by atoms with E-state index in [-0.39, 0.29) is 6.61 Å². The lowest BCUT2D eigenvalue weighted by atomic mass is 10.1. The minimum absolute atomic E-state index is 0.0710. The Morgan fingerprint density at radius 3 is 2.67 bits per heavy atom.